The number of carbonyl (C=O) groups excluding carboxylic acids is 1. The van der Waals surface area contributed by atoms with Crippen LogP contribution in [-0.2, 0) is 21.2 Å². The van der Waals surface area contributed by atoms with E-state index >= 15 is 0 Å². The van der Waals surface area contributed by atoms with Gasteiger partial charge in [0.25, 0.3) is 5.91 Å². The molecule has 1 aliphatic heterocycles. The van der Waals surface area contributed by atoms with Crippen molar-refractivity contribution in [3.05, 3.63) is 59.1 Å². The van der Waals surface area contributed by atoms with Crippen molar-refractivity contribution in [2.75, 3.05) is 23.7 Å². The van der Waals surface area contributed by atoms with Gasteiger partial charge >= 0.3 is 0 Å². The Morgan fingerprint density at radius 1 is 1.22 bits per heavy atom. The summed E-state index contributed by atoms with van der Waals surface area (Å²) >= 11 is 5.86. The molecule has 3 rings (SSSR count). The molecule has 0 bridgehead atoms. The highest BCUT2D eigenvalue weighted by atomic mass is 35.5. The minimum Gasteiger partial charge on any atom is -0.476 e. The second-order valence-corrected chi connectivity index (χ2v) is 8.73. The van der Waals surface area contributed by atoms with Crippen LogP contribution in [0.25, 0.3) is 0 Å². The summed E-state index contributed by atoms with van der Waals surface area (Å²) in [6.45, 7) is 0.431. The van der Waals surface area contributed by atoms with E-state index in [4.69, 9.17) is 16.3 Å². The fraction of sp³-hybridized carbons (Fsp3) is 0.316. The van der Waals surface area contributed by atoms with Gasteiger partial charge in [0, 0.05) is 11.6 Å². The van der Waals surface area contributed by atoms with E-state index in [9.17, 15) is 13.2 Å². The van der Waals surface area contributed by atoms with E-state index in [-0.39, 0.29) is 12.5 Å². The summed E-state index contributed by atoms with van der Waals surface area (Å²) in [5.41, 5.74) is 1.59. The molecule has 0 aliphatic carbocycles. The molecule has 2 aromatic rings. The van der Waals surface area contributed by atoms with Crippen LogP contribution < -0.4 is 14.4 Å². The summed E-state index contributed by atoms with van der Waals surface area (Å²) in [6, 6.07) is 14.4. The average molecular weight is 409 g/mol. The lowest BCUT2D eigenvalue weighted by Gasteiger charge is -2.33. The molecule has 2 aromatic carbocycles. The number of hydrogen-bond acceptors (Lipinski definition) is 4. The molecule has 144 valence electrons. The lowest BCUT2D eigenvalue weighted by atomic mass is 10.1. The number of carbonyl (C=O) groups is 1. The summed E-state index contributed by atoms with van der Waals surface area (Å²) < 4.78 is 31.1. The Balaban J connectivity index is 1.58. The molecule has 0 saturated carbocycles. The Kier molecular flexibility index (Phi) is 5.92. The van der Waals surface area contributed by atoms with Crippen molar-refractivity contribution >= 4 is 33.2 Å². The highest BCUT2D eigenvalue weighted by Crippen LogP contribution is 2.34. The van der Waals surface area contributed by atoms with Gasteiger partial charge in [0.2, 0.25) is 10.0 Å². The maximum absolute atomic E-state index is 12.5. The Morgan fingerprint density at radius 2 is 1.93 bits per heavy atom. The normalized spacial score (nSPS) is 16.4. The fourth-order valence-electron chi connectivity index (χ4n) is 2.92. The van der Waals surface area contributed by atoms with Crippen LogP contribution >= 0.6 is 11.6 Å². The Bertz CT molecular complexity index is 916. The first-order chi connectivity index (χ1) is 12.8. The number of amides is 1. The van der Waals surface area contributed by atoms with Crippen LogP contribution in [0.1, 0.15) is 12.0 Å². The zero-order chi connectivity index (χ0) is 19.4. The van der Waals surface area contributed by atoms with Gasteiger partial charge in [0.05, 0.1) is 18.5 Å². The minimum absolute atomic E-state index is 0.0428. The first kappa shape index (κ1) is 19.5. The van der Waals surface area contributed by atoms with E-state index in [0.717, 1.165) is 24.7 Å². The third kappa shape index (κ3) is 4.93. The molecule has 27 heavy (non-hydrogen) atoms. The molecule has 6 nitrogen and oxygen atoms in total. The maximum atomic E-state index is 12.5. The van der Waals surface area contributed by atoms with Gasteiger partial charge in [-0.2, -0.15) is 0 Å². The van der Waals surface area contributed by atoms with E-state index < -0.39 is 16.1 Å². The van der Waals surface area contributed by atoms with Crippen molar-refractivity contribution in [3.8, 4) is 5.75 Å². The zero-order valence-electron chi connectivity index (χ0n) is 14.9. The summed E-state index contributed by atoms with van der Waals surface area (Å²) in [4.78, 5) is 12.5. The molecular formula is C19H21ClN2O4S. The van der Waals surface area contributed by atoms with Gasteiger partial charge in [-0.1, -0.05) is 35.9 Å². The first-order valence-corrected chi connectivity index (χ1v) is 10.8. The van der Waals surface area contributed by atoms with Crippen LogP contribution in [0.15, 0.2) is 48.5 Å². The van der Waals surface area contributed by atoms with Crippen LogP contribution in [0.3, 0.4) is 0 Å². The highest BCUT2D eigenvalue weighted by molar-refractivity contribution is 7.92. The largest absolute Gasteiger partial charge is 0.476 e. The number of aryl methyl sites for hydroxylation is 1. The number of nitrogens with zero attached hydrogens (tertiary/aromatic N) is 1. The average Bonchev–Trinajstić information content (AvgIpc) is 2.64. The number of benzene rings is 2. The second-order valence-electron chi connectivity index (χ2n) is 6.39. The van der Waals surface area contributed by atoms with Gasteiger partial charge in [-0.15, -0.1) is 0 Å². The Morgan fingerprint density at radius 3 is 2.63 bits per heavy atom. The number of fused-ring (bicyclic) bond motifs is 1. The maximum Gasteiger partial charge on any atom is 0.263 e. The number of ether oxygens (including phenoxy) is 1. The van der Waals surface area contributed by atoms with Gasteiger partial charge in [-0.05, 0) is 42.7 Å². The fourth-order valence-corrected chi connectivity index (χ4v) is 3.96. The van der Waals surface area contributed by atoms with E-state index in [0.29, 0.717) is 23.0 Å². The lowest BCUT2D eigenvalue weighted by molar-refractivity contribution is -0.127. The van der Waals surface area contributed by atoms with Crippen molar-refractivity contribution in [2.45, 2.75) is 18.9 Å². The predicted octanol–water partition coefficient (Wildman–Crippen LogP) is 2.62. The van der Waals surface area contributed by atoms with Crippen LogP contribution in [0, 0.1) is 0 Å². The monoisotopic (exact) mass is 408 g/mol. The van der Waals surface area contributed by atoms with E-state index in [1.807, 2.05) is 24.3 Å². The molecule has 1 aliphatic rings. The second kappa shape index (κ2) is 8.19. The quantitative estimate of drug-likeness (QED) is 0.745. The van der Waals surface area contributed by atoms with Gasteiger partial charge in [-0.25, -0.2) is 8.42 Å². The zero-order valence-corrected chi connectivity index (χ0v) is 16.5. The molecule has 1 amide bonds. The number of hydrogen-bond donors (Lipinski definition) is 1. The van der Waals surface area contributed by atoms with Gasteiger partial charge < -0.3 is 10.1 Å². The smallest absolute Gasteiger partial charge is 0.263 e. The van der Waals surface area contributed by atoms with Crippen molar-refractivity contribution in [3.63, 3.8) is 0 Å². The standard InChI is InChI=1S/C19H21ClN2O4S/c1-27(24,25)22-13-18(26-17-7-3-2-6-16(17)22)19(23)21-12-4-5-14-8-10-15(20)11-9-14/h2-3,6-11,18H,4-5,12-13H2,1H3,(H,21,23)/t18-/m0/s1. The molecule has 8 heteroatoms. The van der Waals surface area contributed by atoms with Crippen molar-refractivity contribution in [2.24, 2.45) is 0 Å². The Hall–Kier alpha value is -2.25. The molecule has 0 saturated heterocycles. The molecule has 0 fully saturated rings. The van der Waals surface area contributed by atoms with E-state index in [2.05, 4.69) is 5.32 Å². The molecule has 1 atom stereocenters. The third-order valence-corrected chi connectivity index (χ3v) is 5.68. The molecule has 0 radical (unpaired) electrons. The summed E-state index contributed by atoms with van der Waals surface area (Å²) in [6.07, 6.45) is 1.80. The molecule has 0 aromatic heterocycles. The number of nitrogens with one attached hydrogen (secondary N) is 1. The van der Waals surface area contributed by atoms with Crippen LogP contribution in [0.5, 0.6) is 5.75 Å². The number of halogens is 1. The molecule has 1 N–H and O–H groups in total. The van der Waals surface area contributed by atoms with Crippen molar-refractivity contribution in [1.82, 2.24) is 5.32 Å². The first-order valence-electron chi connectivity index (χ1n) is 8.60. The Labute approximate surface area is 164 Å². The SMILES string of the molecule is CS(=O)(=O)N1C[C@@H](C(=O)NCCCc2ccc(Cl)cc2)Oc2ccccc21. The number of rotatable bonds is 6. The molecule has 0 unspecified atom stereocenters. The van der Waals surface area contributed by atoms with Crippen LogP contribution in [-0.4, -0.2) is 39.8 Å². The van der Waals surface area contributed by atoms with Gasteiger partial charge in [-0.3, -0.25) is 9.10 Å². The van der Waals surface area contributed by atoms with Gasteiger partial charge in [0.15, 0.2) is 6.10 Å². The third-order valence-electron chi connectivity index (χ3n) is 4.28. The van der Waals surface area contributed by atoms with Crippen LogP contribution in [0.2, 0.25) is 5.02 Å². The molecule has 0 spiro atoms. The van der Waals surface area contributed by atoms with E-state index in [1.165, 1.54) is 4.31 Å². The molecule has 1 heterocycles. The number of anilines is 1. The number of para-hydroxylation sites is 2. The highest BCUT2D eigenvalue weighted by Gasteiger charge is 2.34. The summed E-state index contributed by atoms with van der Waals surface area (Å²) in [7, 11) is -3.51. The predicted molar refractivity (Wildman–Crippen MR) is 106 cm³/mol. The topological polar surface area (TPSA) is 75.7 Å². The van der Waals surface area contributed by atoms with Gasteiger partial charge in [0.1, 0.15) is 5.75 Å². The van der Waals surface area contributed by atoms with Crippen LogP contribution in [0.4, 0.5) is 5.69 Å². The lowest BCUT2D eigenvalue weighted by Crippen LogP contribution is -2.50. The van der Waals surface area contributed by atoms with Crippen molar-refractivity contribution in [1.29, 1.82) is 0 Å². The minimum atomic E-state index is -3.51. The number of sulfonamides is 1. The summed E-state index contributed by atoms with van der Waals surface area (Å²) in [5.74, 6) is 0.0600. The summed E-state index contributed by atoms with van der Waals surface area (Å²) in [5, 5.41) is 3.52. The molecular weight excluding hydrogens is 388 g/mol. The van der Waals surface area contributed by atoms with E-state index in [1.54, 1.807) is 24.3 Å². The van der Waals surface area contributed by atoms with Crippen molar-refractivity contribution < 1.29 is 17.9 Å².